The molecule has 0 spiro atoms. The van der Waals surface area contributed by atoms with Gasteiger partial charge < -0.3 is 15.7 Å². The van der Waals surface area contributed by atoms with Crippen LogP contribution in [0, 0.1) is 0 Å². The maximum absolute atomic E-state index is 12.4. The number of aliphatic hydroxyl groups is 1. The predicted octanol–water partition coefficient (Wildman–Crippen LogP) is 2.30. The van der Waals surface area contributed by atoms with Crippen molar-refractivity contribution in [2.75, 3.05) is 18.9 Å². The summed E-state index contributed by atoms with van der Waals surface area (Å²) >= 11 is 5.86. The van der Waals surface area contributed by atoms with Gasteiger partial charge in [-0.05, 0) is 43.9 Å². The number of carbonyl (C=O) groups is 1. The number of hydrogen-bond acceptors (Lipinski definition) is 3. The van der Waals surface area contributed by atoms with Gasteiger partial charge in [0.15, 0.2) is 0 Å². The molecule has 5 heteroatoms. The fourth-order valence-electron chi connectivity index (χ4n) is 2.57. The molecular weight excluding hydrogens is 264 g/mol. The Morgan fingerprint density at radius 1 is 1.53 bits per heavy atom. The molecule has 1 aliphatic rings. The Kier molecular flexibility index (Phi) is 4.66. The molecule has 0 radical (unpaired) electrons. The van der Waals surface area contributed by atoms with Crippen LogP contribution < -0.4 is 5.73 Å². The average Bonchev–Trinajstić information content (AvgIpc) is 2.87. The maximum Gasteiger partial charge on any atom is 0.254 e. The minimum atomic E-state index is 0.00352. The third kappa shape index (κ3) is 3.19. The molecule has 104 valence electrons. The lowest BCUT2D eigenvalue weighted by Crippen LogP contribution is -2.35. The zero-order valence-corrected chi connectivity index (χ0v) is 11.6. The number of nitrogens with zero attached hydrogens (tertiary/aromatic N) is 1. The van der Waals surface area contributed by atoms with Gasteiger partial charge in [-0.3, -0.25) is 4.79 Å². The van der Waals surface area contributed by atoms with Gasteiger partial charge in [0.1, 0.15) is 0 Å². The van der Waals surface area contributed by atoms with Crippen LogP contribution in [-0.2, 0) is 0 Å². The molecule has 1 heterocycles. The normalized spacial score (nSPS) is 18.8. The highest BCUT2D eigenvalue weighted by Gasteiger charge is 2.28. The zero-order chi connectivity index (χ0) is 13.8. The van der Waals surface area contributed by atoms with Gasteiger partial charge in [0, 0.05) is 24.8 Å². The van der Waals surface area contributed by atoms with E-state index in [-0.39, 0.29) is 18.6 Å². The van der Waals surface area contributed by atoms with Crippen molar-refractivity contribution >= 4 is 23.2 Å². The van der Waals surface area contributed by atoms with E-state index < -0.39 is 0 Å². The lowest BCUT2D eigenvalue weighted by Gasteiger charge is -2.24. The Bertz CT molecular complexity index is 465. The predicted molar refractivity (Wildman–Crippen MR) is 76.2 cm³/mol. The molecule has 1 aromatic rings. The number of nitrogens with two attached hydrogens (primary N) is 1. The number of carbonyl (C=O) groups excluding carboxylic acids is 1. The summed E-state index contributed by atoms with van der Waals surface area (Å²) in [5, 5.41) is 9.37. The minimum Gasteiger partial charge on any atom is -0.398 e. The number of aliphatic hydroxyl groups excluding tert-OH is 1. The van der Waals surface area contributed by atoms with Crippen LogP contribution in [0.5, 0.6) is 0 Å². The van der Waals surface area contributed by atoms with Crippen molar-refractivity contribution in [3.8, 4) is 0 Å². The second-order valence-electron chi connectivity index (χ2n) is 4.90. The summed E-state index contributed by atoms with van der Waals surface area (Å²) in [5.74, 6) is 0.00352. The van der Waals surface area contributed by atoms with Crippen molar-refractivity contribution in [2.45, 2.75) is 31.7 Å². The van der Waals surface area contributed by atoms with Crippen LogP contribution in [0.1, 0.15) is 36.0 Å². The van der Waals surface area contributed by atoms with E-state index in [0.717, 1.165) is 32.2 Å². The lowest BCUT2D eigenvalue weighted by molar-refractivity contribution is 0.0724. The Morgan fingerprint density at radius 3 is 3.00 bits per heavy atom. The number of halogens is 1. The van der Waals surface area contributed by atoms with Gasteiger partial charge in [-0.15, -0.1) is 0 Å². The molecule has 3 N–H and O–H groups in total. The molecule has 1 fully saturated rings. The van der Waals surface area contributed by atoms with E-state index in [1.807, 2.05) is 4.90 Å². The van der Waals surface area contributed by atoms with E-state index in [0.29, 0.717) is 16.3 Å². The van der Waals surface area contributed by atoms with Gasteiger partial charge in [0.2, 0.25) is 0 Å². The molecule has 0 aliphatic carbocycles. The van der Waals surface area contributed by atoms with Crippen LogP contribution >= 0.6 is 11.6 Å². The molecule has 1 aliphatic heterocycles. The van der Waals surface area contributed by atoms with Crippen LogP contribution in [0.3, 0.4) is 0 Å². The van der Waals surface area contributed by atoms with Crippen LogP contribution in [0.4, 0.5) is 5.69 Å². The van der Waals surface area contributed by atoms with Crippen LogP contribution in [0.15, 0.2) is 18.2 Å². The van der Waals surface area contributed by atoms with E-state index in [9.17, 15) is 4.79 Å². The van der Waals surface area contributed by atoms with Crippen molar-refractivity contribution in [3.05, 3.63) is 28.8 Å². The number of nitrogen functional groups attached to an aromatic ring is 1. The summed E-state index contributed by atoms with van der Waals surface area (Å²) < 4.78 is 0. The molecule has 4 nitrogen and oxygen atoms in total. The van der Waals surface area contributed by atoms with Crippen molar-refractivity contribution < 1.29 is 9.90 Å². The van der Waals surface area contributed by atoms with E-state index in [2.05, 4.69) is 0 Å². The third-order valence-electron chi connectivity index (χ3n) is 3.58. The van der Waals surface area contributed by atoms with Gasteiger partial charge in [0.25, 0.3) is 5.91 Å². The van der Waals surface area contributed by atoms with Crippen LogP contribution in [0.25, 0.3) is 0 Å². The molecule has 19 heavy (non-hydrogen) atoms. The summed E-state index contributed by atoms with van der Waals surface area (Å²) in [7, 11) is 0. The maximum atomic E-state index is 12.4. The first kappa shape index (κ1) is 14.2. The molecule has 1 amide bonds. The fraction of sp³-hybridized carbons (Fsp3) is 0.500. The Morgan fingerprint density at radius 2 is 2.32 bits per heavy atom. The van der Waals surface area contributed by atoms with Crippen molar-refractivity contribution in [1.29, 1.82) is 0 Å². The van der Waals surface area contributed by atoms with Crippen molar-refractivity contribution in [2.24, 2.45) is 0 Å². The highest BCUT2D eigenvalue weighted by Crippen LogP contribution is 2.26. The summed E-state index contributed by atoms with van der Waals surface area (Å²) in [6.45, 7) is 0.948. The summed E-state index contributed by atoms with van der Waals surface area (Å²) in [6, 6.07) is 5.23. The Labute approximate surface area is 118 Å². The highest BCUT2D eigenvalue weighted by atomic mass is 35.5. The zero-order valence-electron chi connectivity index (χ0n) is 10.8. The van der Waals surface area contributed by atoms with E-state index in [1.54, 1.807) is 18.2 Å². The molecule has 0 saturated carbocycles. The molecule has 1 unspecified atom stereocenters. The average molecular weight is 283 g/mol. The number of anilines is 1. The number of rotatable bonds is 4. The fourth-order valence-corrected chi connectivity index (χ4v) is 2.69. The second kappa shape index (κ2) is 6.26. The van der Waals surface area contributed by atoms with Crippen LogP contribution in [-0.4, -0.2) is 35.1 Å². The number of amides is 1. The van der Waals surface area contributed by atoms with Gasteiger partial charge in [-0.1, -0.05) is 11.6 Å². The van der Waals surface area contributed by atoms with Gasteiger partial charge in [-0.25, -0.2) is 0 Å². The topological polar surface area (TPSA) is 66.6 Å². The minimum absolute atomic E-state index is 0.00352. The molecule has 0 bridgehead atoms. The molecular formula is C14H19ClN2O2. The van der Waals surface area contributed by atoms with E-state index in [4.69, 9.17) is 22.4 Å². The van der Waals surface area contributed by atoms with Crippen LogP contribution in [0.2, 0.25) is 5.02 Å². The molecule has 0 aromatic heterocycles. The number of benzene rings is 1. The molecule has 1 atom stereocenters. The van der Waals surface area contributed by atoms with Gasteiger partial charge in [0.05, 0.1) is 10.7 Å². The SMILES string of the molecule is Nc1cc(C(=O)N2CCCC2CCCO)ccc1Cl. The first-order chi connectivity index (χ1) is 9.13. The largest absolute Gasteiger partial charge is 0.398 e. The molecule has 1 aromatic carbocycles. The van der Waals surface area contributed by atoms with E-state index in [1.165, 1.54) is 0 Å². The molecule has 2 rings (SSSR count). The lowest BCUT2D eigenvalue weighted by atomic mass is 10.1. The van der Waals surface area contributed by atoms with E-state index >= 15 is 0 Å². The summed E-state index contributed by atoms with van der Waals surface area (Å²) in [4.78, 5) is 14.3. The molecule has 1 saturated heterocycles. The van der Waals surface area contributed by atoms with Gasteiger partial charge >= 0.3 is 0 Å². The number of likely N-dealkylation sites (tertiary alicyclic amines) is 1. The van der Waals surface area contributed by atoms with Crippen molar-refractivity contribution in [1.82, 2.24) is 4.90 Å². The summed E-state index contributed by atoms with van der Waals surface area (Å²) in [5.41, 5.74) is 6.75. The third-order valence-corrected chi connectivity index (χ3v) is 3.92. The summed E-state index contributed by atoms with van der Waals surface area (Å²) in [6.07, 6.45) is 3.61. The quantitative estimate of drug-likeness (QED) is 0.833. The van der Waals surface area contributed by atoms with Gasteiger partial charge in [-0.2, -0.15) is 0 Å². The smallest absolute Gasteiger partial charge is 0.254 e. The second-order valence-corrected chi connectivity index (χ2v) is 5.30. The first-order valence-electron chi connectivity index (χ1n) is 6.60. The van der Waals surface area contributed by atoms with Crippen molar-refractivity contribution in [3.63, 3.8) is 0 Å². The Balaban J connectivity index is 2.11. The number of hydrogen-bond donors (Lipinski definition) is 2. The monoisotopic (exact) mass is 282 g/mol. The standard InChI is InChI=1S/C14H19ClN2O2/c15-12-6-5-10(9-13(12)16)14(19)17-7-1-3-11(17)4-2-8-18/h5-6,9,11,18H,1-4,7-8,16H2. The Hall–Kier alpha value is -1.26. The highest BCUT2D eigenvalue weighted by molar-refractivity contribution is 6.33. The first-order valence-corrected chi connectivity index (χ1v) is 6.98.